The lowest BCUT2D eigenvalue weighted by atomic mass is 10.00. The molecule has 2 heterocycles. The Bertz CT molecular complexity index is 628. The second-order valence-corrected chi connectivity index (χ2v) is 6.74. The first-order valence-electron chi connectivity index (χ1n) is 7.63. The van der Waals surface area contributed by atoms with Gasteiger partial charge in [-0.3, -0.25) is 0 Å². The first kappa shape index (κ1) is 15.0. The number of alkyl halides is 1. The Hall–Kier alpha value is -0.930. The number of piperidine rings is 1. The number of rotatable bonds is 3. The van der Waals surface area contributed by atoms with Crippen LogP contribution in [-0.2, 0) is 6.42 Å². The molecule has 114 valence electrons. The van der Waals surface area contributed by atoms with Crippen LogP contribution in [0.3, 0.4) is 0 Å². The van der Waals surface area contributed by atoms with Gasteiger partial charge in [-0.25, -0.2) is 9.66 Å². The molecule has 2 unspecified atom stereocenters. The molecule has 0 spiro atoms. The number of halogens is 2. The molecule has 0 N–H and O–H groups in total. The lowest BCUT2D eigenvalue weighted by molar-refractivity contribution is 0.336. The Balaban J connectivity index is 2.17. The highest BCUT2D eigenvalue weighted by molar-refractivity contribution is 6.31. The molecule has 2 aromatic rings. The lowest BCUT2D eigenvalue weighted by Gasteiger charge is -2.42. The van der Waals surface area contributed by atoms with E-state index in [1.807, 2.05) is 18.2 Å². The standard InChI is InChI=1S/C16H21Cl2N3/c1-11-4-3-5-12(2)20(11)21-15-10-13(18)6-7-14(15)19-16(21)8-9-17/h6-7,10-12H,3-5,8-9H2,1-2H3. The van der Waals surface area contributed by atoms with E-state index in [4.69, 9.17) is 28.2 Å². The number of hydrogen-bond acceptors (Lipinski definition) is 2. The zero-order valence-electron chi connectivity index (χ0n) is 12.5. The van der Waals surface area contributed by atoms with Crippen LogP contribution >= 0.6 is 23.2 Å². The molecule has 3 nitrogen and oxygen atoms in total. The number of benzene rings is 1. The summed E-state index contributed by atoms with van der Waals surface area (Å²) in [5.74, 6) is 1.61. The monoisotopic (exact) mass is 325 g/mol. The predicted molar refractivity (Wildman–Crippen MR) is 90.2 cm³/mol. The van der Waals surface area contributed by atoms with Crippen molar-refractivity contribution in [1.29, 1.82) is 0 Å². The molecular formula is C16H21Cl2N3. The summed E-state index contributed by atoms with van der Waals surface area (Å²) in [6.45, 7) is 4.58. The topological polar surface area (TPSA) is 21.1 Å². The summed E-state index contributed by atoms with van der Waals surface area (Å²) in [6.07, 6.45) is 4.48. The Morgan fingerprint density at radius 1 is 1.24 bits per heavy atom. The molecule has 1 aliphatic heterocycles. The van der Waals surface area contributed by atoms with Gasteiger partial charge in [-0.1, -0.05) is 11.6 Å². The molecule has 3 rings (SSSR count). The van der Waals surface area contributed by atoms with Crippen LogP contribution in [-0.4, -0.2) is 27.6 Å². The number of aryl methyl sites for hydroxylation is 1. The molecule has 1 aromatic heterocycles. The summed E-state index contributed by atoms with van der Waals surface area (Å²) < 4.78 is 2.26. The van der Waals surface area contributed by atoms with E-state index in [9.17, 15) is 0 Å². The summed E-state index contributed by atoms with van der Waals surface area (Å²) in [5, 5.41) is 3.20. The Morgan fingerprint density at radius 3 is 2.62 bits per heavy atom. The maximum Gasteiger partial charge on any atom is 0.130 e. The van der Waals surface area contributed by atoms with Gasteiger partial charge in [0.15, 0.2) is 0 Å². The molecule has 21 heavy (non-hydrogen) atoms. The van der Waals surface area contributed by atoms with E-state index in [1.54, 1.807) is 0 Å². The molecule has 1 saturated heterocycles. The minimum absolute atomic E-state index is 0.499. The minimum atomic E-state index is 0.499. The van der Waals surface area contributed by atoms with Gasteiger partial charge in [-0.15, -0.1) is 11.6 Å². The molecule has 0 bridgehead atoms. The van der Waals surface area contributed by atoms with E-state index < -0.39 is 0 Å². The van der Waals surface area contributed by atoms with Gasteiger partial charge in [0.25, 0.3) is 0 Å². The summed E-state index contributed by atoms with van der Waals surface area (Å²) in [5.41, 5.74) is 2.08. The molecule has 1 fully saturated rings. The van der Waals surface area contributed by atoms with Crippen molar-refractivity contribution in [2.24, 2.45) is 0 Å². The zero-order valence-corrected chi connectivity index (χ0v) is 14.0. The highest BCUT2D eigenvalue weighted by atomic mass is 35.5. The minimum Gasteiger partial charge on any atom is -0.306 e. The van der Waals surface area contributed by atoms with Gasteiger partial charge < -0.3 is 5.01 Å². The zero-order chi connectivity index (χ0) is 15.0. The molecule has 0 radical (unpaired) electrons. The Kier molecular flexibility index (Phi) is 4.32. The second kappa shape index (κ2) is 6.05. The number of fused-ring (bicyclic) bond motifs is 1. The third kappa shape index (κ3) is 2.74. The number of nitrogens with zero attached hydrogens (tertiary/aromatic N) is 3. The van der Waals surface area contributed by atoms with Crippen molar-refractivity contribution in [3.63, 3.8) is 0 Å². The number of aromatic nitrogens is 2. The molecule has 0 saturated carbocycles. The summed E-state index contributed by atoms with van der Waals surface area (Å²) in [6, 6.07) is 6.90. The molecular weight excluding hydrogens is 305 g/mol. The fourth-order valence-electron chi connectivity index (χ4n) is 3.39. The molecule has 1 aromatic carbocycles. The normalized spacial score (nSPS) is 23.0. The first-order chi connectivity index (χ1) is 10.1. The molecule has 1 aliphatic rings. The lowest BCUT2D eigenvalue weighted by Crippen LogP contribution is -2.51. The van der Waals surface area contributed by atoms with Crippen LogP contribution in [0.15, 0.2) is 18.2 Å². The van der Waals surface area contributed by atoms with E-state index in [0.29, 0.717) is 18.0 Å². The number of imidazole rings is 1. The van der Waals surface area contributed by atoms with Crippen molar-refractivity contribution in [1.82, 2.24) is 9.66 Å². The van der Waals surface area contributed by atoms with Gasteiger partial charge >= 0.3 is 0 Å². The van der Waals surface area contributed by atoms with Crippen LogP contribution in [0.25, 0.3) is 11.0 Å². The first-order valence-corrected chi connectivity index (χ1v) is 8.54. The smallest absolute Gasteiger partial charge is 0.130 e. The van der Waals surface area contributed by atoms with E-state index in [0.717, 1.165) is 28.3 Å². The average molecular weight is 326 g/mol. The van der Waals surface area contributed by atoms with Gasteiger partial charge in [0.05, 0.1) is 11.0 Å². The average Bonchev–Trinajstić information content (AvgIpc) is 2.77. The SMILES string of the molecule is CC1CCCC(C)N1n1c(CCCl)nc2ccc(Cl)cc21. The predicted octanol–water partition coefficient (Wildman–Crippen LogP) is 4.37. The molecule has 2 atom stereocenters. The van der Waals surface area contributed by atoms with Crippen molar-refractivity contribution >= 4 is 34.2 Å². The van der Waals surface area contributed by atoms with Crippen molar-refractivity contribution in [3.05, 3.63) is 29.0 Å². The summed E-state index contributed by atoms with van der Waals surface area (Å²) in [7, 11) is 0. The quantitative estimate of drug-likeness (QED) is 0.781. The number of hydrogen-bond donors (Lipinski definition) is 0. The fourth-order valence-corrected chi connectivity index (χ4v) is 3.73. The summed E-state index contributed by atoms with van der Waals surface area (Å²) >= 11 is 12.2. The van der Waals surface area contributed by atoms with Crippen molar-refractivity contribution < 1.29 is 0 Å². The van der Waals surface area contributed by atoms with Crippen LogP contribution in [0.5, 0.6) is 0 Å². The van der Waals surface area contributed by atoms with Gasteiger partial charge in [0.1, 0.15) is 5.82 Å². The van der Waals surface area contributed by atoms with Crippen LogP contribution in [0.2, 0.25) is 5.02 Å². The van der Waals surface area contributed by atoms with Crippen LogP contribution in [0.4, 0.5) is 0 Å². The molecule has 5 heteroatoms. The third-order valence-electron chi connectivity index (χ3n) is 4.36. The Morgan fingerprint density at radius 2 is 1.95 bits per heavy atom. The van der Waals surface area contributed by atoms with Crippen LogP contribution < -0.4 is 5.01 Å². The maximum atomic E-state index is 6.20. The largest absolute Gasteiger partial charge is 0.306 e. The second-order valence-electron chi connectivity index (χ2n) is 5.92. The van der Waals surface area contributed by atoms with Crippen LogP contribution in [0, 0.1) is 0 Å². The van der Waals surface area contributed by atoms with E-state index >= 15 is 0 Å². The van der Waals surface area contributed by atoms with E-state index in [1.165, 1.54) is 19.3 Å². The highest BCUT2D eigenvalue weighted by Gasteiger charge is 2.28. The van der Waals surface area contributed by atoms with Crippen molar-refractivity contribution in [2.45, 2.75) is 51.6 Å². The van der Waals surface area contributed by atoms with Gasteiger partial charge in [-0.2, -0.15) is 0 Å². The van der Waals surface area contributed by atoms with E-state index in [2.05, 4.69) is 23.5 Å². The van der Waals surface area contributed by atoms with Gasteiger partial charge in [0, 0.05) is 29.4 Å². The van der Waals surface area contributed by atoms with E-state index in [-0.39, 0.29) is 0 Å². The molecule has 0 aliphatic carbocycles. The highest BCUT2D eigenvalue weighted by Crippen LogP contribution is 2.27. The maximum absolute atomic E-state index is 6.20. The van der Waals surface area contributed by atoms with Crippen LogP contribution in [0.1, 0.15) is 38.9 Å². The molecule has 0 amide bonds. The fraction of sp³-hybridized carbons (Fsp3) is 0.562. The summed E-state index contributed by atoms with van der Waals surface area (Å²) in [4.78, 5) is 4.77. The van der Waals surface area contributed by atoms with Crippen molar-refractivity contribution in [3.8, 4) is 0 Å². The van der Waals surface area contributed by atoms with Crippen molar-refractivity contribution in [2.75, 3.05) is 10.9 Å². The van der Waals surface area contributed by atoms with Gasteiger partial charge in [-0.05, 0) is 51.3 Å². The Labute approximate surface area is 135 Å². The van der Waals surface area contributed by atoms with Gasteiger partial charge in [0.2, 0.25) is 0 Å². The third-order valence-corrected chi connectivity index (χ3v) is 4.78.